The van der Waals surface area contributed by atoms with Crippen molar-refractivity contribution in [1.82, 2.24) is 10.3 Å². The third kappa shape index (κ3) is 1.80. The number of nitrogens with zero attached hydrogens (tertiary/aromatic N) is 1. The standard InChI is InChI=1S/C10H14N2O/c1-13-10-4-9(6-12-7-10)8-2-3-11-5-8/h4,6-8,11H,2-3,5H2,1H3/t8-/m1/s1. The van der Waals surface area contributed by atoms with Gasteiger partial charge in [-0.2, -0.15) is 0 Å². The van der Waals surface area contributed by atoms with Gasteiger partial charge in [0.2, 0.25) is 0 Å². The van der Waals surface area contributed by atoms with Crippen LogP contribution in [0.4, 0.5) is 0 Å². The zero-order chi connectivity index (χ0) is 9.10. The number of pyridine rings is 1. The minimum Gasteiger partial charge on any atom is -0.495 e. The fraction of sp³-hybridized carbons (Fsp3) is 0.500. The average molecular weight is 178 g/mol. The number of hydrogen-bond donors (Lipinski definition) is 1. The van der Waals surface area contributed by atoms with E-state index in [0.717, 1.165) is 18.8 Å². The lowest BCUT2D eigenvalue weighted by molar-refractivity contribution is 0.412. The molecule has 1 aliphatic heterocycles. The molecule has 3 heteroatoms. The van der Waals surface area contributed by atoms with Gasteiger partial charge in [0, 0.05) is 12.7 Å². The van der Waals surface area contributed by atoms with E-state index in [1.165, 1.54) is 12.0 Å². The molecule has 2 rings (SSSR count). The van der Waals surface area contributed by atoms with Crippen molar-refractivity contribution < 1.29 is 4.74 Å². The number of hydrogen-bond acceptors (Lipinski definition) is 3. The van der Waals surface area contributed by atoms with E-state index in [-0.39, 0.29) is 0 Å². The van der Waals surface area contributed by atoms with Gasteiger partial charge in [0.25, 0.3) is 0 Å². The monoisotopic (exact) mass is 178 g/mol. The lowest BCUT2D eigenvalue weighted by Crippen LogP contribution is -2.08. The molecule has 3 nitrogen and oxygen atoms in total. The van der Waals surface area contributed by atoms with E-state index >= 15 is 0 Å². The highest BCUT2D eigenvalue weighted by Gasteiger charge is 2.16. The van der Waals surface area contributed by atoms with Crippen molar-refractivity contribution in [1.29, 1.82) is 0 Å². The van der Waals surface area contributed by atoms with Crippen LogP contribution < -0.4 is 10.1 Å². The average Bonchev–Trinajstić information content (AvgIpc) is 2.71. The molecule has 1 aromatic rings. The fourth-order valence-electron chi connectivity index (χ4n) is 1.71. The van der Waals surface area contributed by atoms with Gasteiger partial charge in [0.05, 0.1) is 13.3 Å². The van der Waals surface area contributed by atoms with Crippen molar-refractivity contribution in [3.8, 4) is 5.75 Å². The molecule has 1 aromatic heterocycles. The van der Waals surface area contributed by atoms with Crippen LogP contribution in [-0.2, 0) is 0 Å². The summed E-state index contributed by atoms with van der Waals surface area (Å²) in [5.41, 5.74) is 1.28. The predicted molar refractivity (Wildman–Crippen MR) is 51.0 cm³/mol. The Morgan fingerprint density at radius 3 is 3.15 bits per heavy atom. The summed E-state index contributed by atoms with van der Waals surface area (Å²) in [6, 6.07) is 2.07. The smallest absolute Gasteiger partial charge is 0.137 e. The summed E-state index contributed by atoms with van der Waals surface area (Å²) in [7, 11) is 1.67. The first-order valence-corrected chi connectivity index (χ1v) is 4.60. The molecule has 0 aromatic carbocycles. The van der Waals surface area contributed by atoms with Crippen LogP contribution in [0.25, 0.3) is 0 Å². The molecule has 1 atom stereocenters. The van der Waals surface area contributed by atoms with Crippen molar-refractivity contribution >= 4 is 0 Å². The second-order valence-electron chi connectivity index (χ2n) is 3.35. The highest BCUT2D eigenvalue weighted by molar-refractivity contribution is 5.27. The van der Waals surface area contributed by atoms with Crippen LogP contribution >= 0.6 is 0 Å². The summed E-state index contributed by atoms with van der Waals surface area (Å²) >= 11 is 0. The van der Waals surface area contributed by atoms with Gasteiger partial charge < -0.3 is 10.1 Å². The van der Waals surface area contributed by atoms with Gasteiger partial charge in [-0.05, 0) is 30.5 Å². The van der Waals surface area contributed by atoms with Crippen molar-refractivity contribution in [3.63, 3.8) is 0 Å². The first kappa shape index (κ1) is 8.51. The highest BCUT2D eigenvalue weighted by Crippen LogP contribution is 2.24. The molecule has 2 heterocycles. The second kappa shape index (κ2) is 3.75. The Bertz CT molecular complexity index is 282. The topological polar surface area (TPSA) is 34.1 Å². The maximum absolute atomic E-state index is 5.13. The Labute approximate surface area is 78.1 Å². The van der Waals surface area contributed by atoms with Gasteiger partial charge in [-0.1, -0.05) is 0 Å². The van der Waals surface area contributed by atoms with Crippen LogP contribution in [0.3, 0.4) is 0 Å². The Morgan fingerprint density at radius 2 is 2.46 bits per heavy atom. The summed E-state index contributed by atoms with van der Waals surface area (Å²) < 4.78 is 5.13. The zero-order valence-electron chi connectivity index (χ0n) is 7.79. The SMILES string of the molecule is COc1cncc([C@@H]2CCNC2)c1. The molecule has 0 amide bonds. The summed E-state index contributed by atoms with van der Waals surface area (Å²) in [4.78, 5) is 4.15. The lowest BCUT2D eigenvalue weighted by atomic mass is 10.0. The Kier molecular flexibility index (Phi) is 2.45. The van der Waals surface area contributed by atoms with E-state index in [9.17, 15) is 0 Å². The first-order valence-electron chi connectivity index (χ1n) is 4.60. The van der Waals surface area contributed by atoms with Crippen molar-refractivity contribution in [3.05, 3.63) is 24.0 Å². The van der Waals surface area contributed by atoms with Crippen LogP contribution in [0, 0.1) is 0 Å². The third-order valence-electron chi connectivity index (χ3n) is 2.50. The number of ether oxygens (including phenoxy) is 1. The van der Waals surface area contributed by atoms with Gasteiger partial charge in [0.1, 0.15) is 5.75 Å². The van der Waals surface area contributed by atoms with E-state index in [4.69, 9.17) is 4.74 Å². The molecular formula is C10H14N2O. The summed E-state index contributed by atoms with van der Waals surface area (Å²) in [5.74, 6) is 1.46. The van der Waals surface area contributed by atoms with E-state index in [2.05, 4.69) is 16.4 Å². The molecule has 0 radical (unpaired) electrons. The fourth-order valence-corrected chi connectivity index (χ4v) is 1.71. The minimum atomic E-state index is 0.614. The van der Waals surface area contributed by atoms with E-state index in [1.807, 2.05) is 6.20 Å². The first-order chi connectivity index (χ1) is 6.40. The molecule has 0 bridgehead atoms. The van der Waals surface area contributed by atoms with Gasteiger partial charge in [-0.25, -0.2) is 0 Å². The predicted octanol–water partition coefficient (Wildman–Crippen LogP) is 1.17. The zero-order valence-corrected chi connectivity index (χ0v) is 7.79. The quantitative estimate of drug-likeness (QED) is 0.738. The minimum absolute atomic E-state index is 0.614. The van der Waals surface area contributed by atoms with Crippen LogP contribution in [0.5, 0.6) is 5.75 Å². The summed E-state index contributed by atoms with van der Waals surface area (Å²) in [6.07, 6.45) is 4.88. The molecule has 1 aliphatic rings. The van der Waals surface area contributed by atoms with Gasteiger partial charge >= 0.3 is 0 Å². The second-order valence-corrected chi connectivity index (χ2v) is 3.35. The lowest BCUT2D eigenvalue weighted by Gasteiger charge is -2.08. The molecular weight excluding hydrogens is 164 g/mol. The van der Waals surface area contributed by atoms with Crippen LogP contribution in [0.1, 0.15) is 17.9 Å². The normalized spacial score (nSPS) is 21.8. The van der Waals surface area contributed by atoms with E-state index in [0.29, 0.717) is 5.92 Å². The van der Waals surface area contributed by atoms with E-state index in [1.54, 1.807) is 13.3 Å². The molecule has 1 N–H and O–H groups in total. The largest absolute Gasteiger partial charge is 0.495 e. The summed E-state index contributed by atoms with van der Waals surface area (Å²) in [5, 5.41) is 3.34. The van der Waals surface area contributed by atoms with E-state index < -0.39 is 0 Å². The maximum atomic E-state index is 5.13. The number of nitrogens with one attached hydrogen (secondary N) is 1. The van der Waals surface area contributed by atoms with Crippen LogP contribution in [0.15, 0.2) is 18.5 Å². The van der Waals surface area contributed by atoms with Crippen molar-refractivity contribution in [2.45, 2.75) is 12.3 Å². The molecule has 0 saturated carbocycles. The molecule has 0 aliphatic carbocycles. The van der Waals surface area contributed by atoms with Crippen molar-refractivity contribution in [2.24, 2.45) is 0 Å². The number of aromatic nitrogens is 1. The third-order valence-corrected chi connectivity index (χ3v) is 2.50. The van der Waals surface area contributed by atoms with Crippen LogP contribution in [-0.4, -0.2) is 25.2 Å². The Hall–Kier alpha value is -1.09. The number of methoxy groups -OCH3 is 1. The molecule has 13 heavy (non-hydrogen) atoms. The molecule has 1 fully saturated rings. The van der Waals surface area contributed by atoms with Gasteiger partial charge in [0.15, 0.2) is 0 Å². The van der Waals surface area contributed by atoms with Crippen molar-refractivity contribution in [2.75, 3.05) is 20.2 Å². The molecule has 0 unspecified atom stereocenters. The molecule has 70 valence electrons. The number of rotatable bonds is 2. The Balaban J connectivity index is 2.18. The van der Waals surface area contributed by atoms with Gasteiger partial charge in [-0.3, -0.25) is 4.98 Å². The van der Waals surface area contributed by atoms with Crippen LogP contribution in [0.2, 0.25) is 0 Å². The Morgan fingerprint density at radius 1 is 1.54 bits per heavy atom. The highest BCUT2D eigenvalue weighted by atomic mass is 16.5. The molecule has 0 spiro atoms. The molecule has 1 saturated heterocycles. The maximum Gasteiger partial charge on any atom is 0.137 e. The van der Waals surface area contributed by atoms with Gasteiger partial charge in [-0.15, -0.1) is 0 Å². The summed E-state index contributed by atoms with van der Waals surface area (Å²) in [6.45, 7) is 2.18.